The van der Waals surface area contributed by atoms with Crippen LogP contribution in [0.15, 0.2) is 60.7 Å². The molecule has 1 atom stereocenters. The molecule has 1 fully saturated rings. The predicted octanol–water partition coefficient (Wildman–Crippen LogP) is 4.22. The second-order valence-corrected chi connectivity index (χ2v) is 8.22. The van der Waals surface area contributed by atoms with Gasteiger partial charge in [-0.05, 0) is 24.0 Å². The topological polar surface area (TPSA) is 58.1 Å². The van der Waals surface area contributed by atoms with Gasteiger partial charge in [0.2, 0.25) is 0 Å². The number of piperidine rings is 1. The van der Waals surface area contributed by atoms with Crippen LogP contribution in [0.2, 0.25) is 0 Å². The van der Waals surface area contributed by atoms with E-state index in [1.807, 2.05) is 53.4 Å². The fraction of sp³-hybridized carbons (Fsp3) is 0.318. The zero-order valence-corrected chi connectivity index (χ0v) is 16.6. The number of urea groups is 1. The summed E-state index contributed by atoms with van der Waals surface area (Å²) < 4.78 is 0. The molecular formula is C22H24N4OS. The van der Waals surface area contributed by atoms with E-state index < -0.39 is 0 Å². The zero-order chi connectivity index (χ0) is 19.2. The van der Waals surface area contributed by atoms with Crippen LogP contribution in [0.5, 0.6) is 0 Å². The van der Waals surface area contributed by atoms with E-state index in [0.29, 0.717) is 13.1 Å². The first-order valence-electron chi connectivity index (χ1n) is 9.71. The first-order chi connectivity index (χ1) is 13.8. The number of likely N-dealkylation sites (tertiary alicyclic amines) is 1. The Morgan fingerprint density at radius 2 is 1.75 bits per heavy atom. The highest BCUT2D eigenvalue weighted by atomic mass is 32.1. The number of carbonyl (C=O) groups is 1. The van der Waals surface area contributed by atoms with Gasteiger partial charge in [-0.2, -0.15) is 0 Å². The molecule has 4 rings (SSSR count). The van der Waals surface area contributed by atoms with Crippen molar-refractivity contribution in [2.75, 3.05) is 13.1 Å². The number of hydrogen-bond acceptors (Lipinski definition) is 4. The fourth-order valence-corrected chi connectivity index (χ4v) is 4.52. The number of rotatable bonds is 5. The summed E-state index contributed by atoms with van der Waals surface area (Å²) in [5.41, 5.74) is 2.36. The fourth-order valence-electron chi connectivity index (χ4n) is 3.52. The van der Waals surface area contributed by atoms with E-state index in [1.54, 1.807) is 11.3 Å². The number of nitrogens with zero attached hydrogens (tertiary/aromatic N) is 3. The van der Waals surface area contributed by atoms with Crippen molar-refractivity contribution < 1.29 is 4.79 Å². The number of amides is 2. The molecule has 0 spiro atoms. The molecule has 0 bridgehead atoms. The van der Waals surface area contributed by atoms with Crippen LogP contribution in [0.25, 0.3) is 0 Å². The van der Waals surface area contributed by atoms with Crippen molar-refractivity contribution in [1.82, 2.24) is 20.4 Å². The molecule has 5 nitrogen and oxygen atoms in total. The van der Waals surface area contributed by atoms with E-state index in [4.69, 9.17) is 0 Å². The van der Waals surface area contributed by atoms with Crippen LogP contribution in [-0.4, -0.2) is 34.2 Å². The third-order valence-electron chi connectivity index (χ3n) is 5.03. The summed E-state index contributed by atoms with van der Waals surface area (Å²) >= 11 is 1.68. The Balaban J connectivity index is 1.34. The third-order valence-corrected chi connectivity index (χ3v) is 6.11. The van der Waals surface area contributed by atoms with Crippen molar-refractivity contribution in [2.45, 2.75) is 31.7 Å². The lowest BCUT2D eigenvalue weighted by atomic mass is 9.99. The largest absolute Gasteiger partial charge is 0.334 e. The van der Waals surface area contributed by atoms with Crippen LogP contribution < -0.4 is 5.32 Å². The van der Waals surface area contributed by atoms with E-state index in [2.05, 4.69) is 27.6 Å². The Kier molecular flexibility index (Phi) is 5.97. The number of nitrogens with one attached hydrogen (secondary N) is 1. The molecule has 0 aliphatic carbocycles. The molecular weight excluding hydrogens is 368 g/mol. The second-order valence-electron chi connectivity index (χ2n) is 7.13. The van der Waals surface area contributed by atoms with Crippen molar-refractivity contribution in [3.63, 3.8) is 0 Å². The van der Waals surface area contributed by atoms with Gasteiger partial charge in [0.05, 0.1) is 0 Å². The molecule has 1 unspecified atom stereocenters. The maximum absolute atomic E-state index is 12.6. The van der Waals surface area contributed by atoms with E-state index >= 15 is 0 Å². The van der Waals surface area contributed by atoms with Gasteiger partial charge in [0.15, 0.2) is 0 Å². The molecule has 2 heterocycles. The molecule has 1 aromatic heterocycles. The van der Waals surface area contributed by atoms with Gasteiger partial charge in [-0.3, -0.25) is 0 Å². The van der Waals surface area contributed by atoms with Gasteiger partial charge in [-0.1, -0.05) is 60.7 Å². The van der Waals surface area contributed by atoms with Crippen LogP contribution in [0.1, 0.15) is 39.9 Å². The number of carbonyl (C=O) groups excluding carboxylic acids is 1. The Morgan fingerprint density at radius 1 is 1.04 bits per heavy atom. The minimum atomic E-state index is 0.00239. The molecule has 1 N–H and O–H groups in total. The summed E-state index contributed by atoms with van der Waals surface area (Å²) in [7, 11) is 0. The predicted molar refractivity (Wildman–Crippen MR) is 111 cm³/mol. The standard InChI is InChI=1S/C22H24N4OS/c27-22(23-15-18-10-5-2-6-11-18)26-13-7-12-19(16-26)21-25-24-20(28-21)14-17-8-3-1-4-9-17/h1-6,8-11,19H,7,12-16H2,(H,23,27). The molecule has 1 saturated heterocycles. The highest BCUT2D eigenvalue weighted by molar-refractivity contribution is 7.11. The third kappa shape index (κ3) is 4.75. The summed E-state index contributed by atoms with van der Waals surface area (Å²) in [6.45, 7) is 2.06. The average Bonchev–Trinajstić information content (AvgIpc) is 3.22. The van der Waals surface area contributed by atoms with Crippen molar-refractivity contribution >= 4 is 17.4 Å². The zero-order valence-electron chi connectivity index (χ0n) is 15.8. The van der Waals surface area contributed by atoms with Gasteiger partial charge in [-0.15, -0.1) is 21.5 Å². The highest BCUT2D eigenvalue weighted by Crippen LogP contribution is 2.29. The van der Waals surface area contributed by atoms with Crippen LogP contribution in [0, 0.1) is 0 Å². The van der Waals surface area contributed by atoms with Gasteiger partial charge < -0.3 is 10.2 Å². The first kappa shape index (κ1) is 18.6. The molecule has 2 amide bonds. The summed E-state index contributed by atoms with van der Waals surface area (Å²) in [5.74, 6) is 0.276. The van der Waals surface area contributed by atoms with Crippen molar-refractivity contribution in [3.8, 4) is 0 Å². The van der Waals surface area contributed by atoms with E-state index in [-0.39, 0.29) is 11.9 Å². The first-order valence-corrected chi connectivity index (χ1v) is 10.5. The molecule has 144 valence electrons. The molecule has 6 heteroatoms. The SMILES string of the molecule is O=C(NCc1ccccc1)N1CCCC(c2nnc(Cc3ccccc3)s2)C1. The van der Waals surface area contributed by atoms with E-state index in [9.17, 15) is 4.79 Å². The Bertz CT molecular complexity index is 897. The Hall–Kier alpha value is -2.73. The highest BCUT2D eigenvalue weighted by Gasteiger charge is 2.27. The monoisotopic (exact) mass is 392 g/mol. The summed E-state index contributed by atoms with van der Waals surface area (Å²) in [5, 5.41) is 13.9. The Morgan fingerprint density at radius 3 is 2.50 bits per heavy atom. The molecule has 1 aliphatic rings. The number of hydrogen-bond donors (Lipinski definition) is 1. The maximum Gasteiger partial charge on any atom is 0.317 e. The number of benzene rings is 2. The van der Waals surface area contributed by atoms with Crippen molar-refractivity contribution in [3.05, 3.63) is 81.8 Å². The summed E-state index contributed by atoms with van der Waals surface area (Å²) in [4.78, 5) is 14.5. The van der Waals surface area contributed by atoms with Crippen LogP contribution in [0.3, 0.4) is 0 Å². The van der Waals surface area contributed by atoms with Crippen LogP contribution >= 0.6 is 11.3 Å². The Labute approximate surface area is 169 Å². The molecule has 2 aromatic carbocycles. The van der Waals surface area contributed by atoms with E-state index in [1.165, 1.54) is 5.56 Å². The van der Waals surface area contributed by atoms with Gasteiger partial charge in [-0.25, -0.2) is 4.79 Å². The van der Waals surface area contributed by atoms with Gasteiger partial charge in [0.1, 0.15) is 10.0 Å². The van der Waals surface area contributed by atoms with Gasteiger partial charge in [0.25, 0.3) is 0 Å². The minimum absolute atomic E-state index is 0.00239. The molecule has 0 radical (unpaired) electrons. The lowest BCUT2D eigenvalue weighted by molar-refractivity contribution is 0.179. The lowest BCUT2D eigenvalue weighted by Gasteiger charge is -2.31. The molecule has 28 heavy (non-hydrogen) atoms. The van der Waals surface area contributed by atoms with E-state index in [0.717, 1.165) is 41.4 Å². The second kappa shape index (κ2) is 8.97. The smallest absolute Gasteiger partial charge is 0.317 e. The molecule has 0 saturated carbocycles. The molecule has 3 aromatic rings. The summed E-state index contributed by atoms with van der Waals surface area (Å²) in [6.07, 6.45) is 2.87. The van der Waals surface area contributed by atoms with Crippen LogP contribution in [0.4, 0.5) is 4.79 Å². The minimum Gasteiger partial charge on any atom is -0.334 e. The van der Waals surface area contributed by atoms with Gasteiger partial charge in [0, 0.05) is 32.0 Å². The molecule has 1 aliphatic heterocycles. The number of aromatic nitrogens is 2. The maximum atomic E-state index is 12.6. The average molecular weight is 393 g/mol. The normalized spacial score (nSPS) is 16.7. The van der Waals surface area contributed by atoms with Crippen LogP contribution in [-0.2, 0) is 13.0 Å². The van der Waals surface area contributed by atoms with Crippen molar-refractivity contribution in [1.29, 1.82) is 0 Å². The van der Waals surface area contributed by atoms with Crippen molar-refractivity contribution in [2.24, 2.45) is 0 Å². The lowest BCUT2D eigenvalue weighted by Crippen LogP contribution is -2.44. The van der Waals surface area contributed by atoms with Gasteiger partial charge >= 0.3 is 6.03 Å². The summed E-state index contributed by atoms with van der Waals surface area (Å²) in [6, 6.07) is 20.3. The quantitative estimate of drug-likeness (QED) is 0.707.